The van der Waals surface area contributed by atoms with Crippen molar-refractivity contribution in [1.82, 2.24) is 15.3 Å². The van der Waals surface area contributed by atoms with Crippen LogP contribution in [-0.2, 0) is 26.7 Å². The molecule has 0 unspecified atom stereocenters. The van der Waals surface area contributed by atoms with Crippen LogP contribution in [0.15, 0.2) is 29.1 Å². The van der Waals surface area contributed by atoms with E-state index in [0.29, 0.717) is 30.3 Å². The maximum atomic E-state index is 12.3. The number of fused-ring (bicyclic) bond motifs is 1. The van der Waals surface area contributed by atoms with Crippen LogP contribution in [0, 0.1) is 0 Å². The van der Waals surface area contributed by atoms with Gasteiger partial charge in [0.2, 0.25) is 5.95 Å². The number of nitrogen functional groups attached to an aromatic ring is 1. The van der Waals surface area contributed by atoms with E-state index in [1.54, 1.807) is 24.1 Å². The molecule has 1 amide bonds. The van der Waals surface area contributed by atoms with E-state index in [1.165, 1.54) is 12.1 Å². The van der Waals surface area contributed by atoms with Crippen molar-refractivity contribution in [3.05, 3.63) is 40.2 Å². The van der Waals surface area contributed by atoms with Crippen molar-refractivity contribution in [2.45, 2.75) is 24.9 Å². The Morgan fingerprint density at radius 2 is 1.94 bits per heavy atom. The van der Waals surface area contributed by atoms with E-state index in [0.717, 1.165) is 0 Å². The van der Waals surface area contributed by atoms with Crippen molar-refractivity contribution in [3.8, 4) is 0 Å². The number of rotatable bonds is 9. The number of aromatic nitrogens is 2. The predicted octanol–water partition coefficient (Wildman–Crippen LogP) is -2.93. The third kappa shape index (κ3) is 6.39. The van der Waals surface area contributed by atoms with Gasteiger partial charge in [-0.1, -0.05) is 0 Å². The number of carboxylic acids is 2. The van der Waals surface area contributed by atoms with Gasteiger partial charge in [-0.15, -0.1) is 0 Å². The van der Waals surface area contributed by atoms with Gasteiger partial charge in [0, 0.05) is 37.4 Å². The summed E-state index contributed by atoms with van der Waals surface area (Å²) >= 11 is 0. The monoisotopic (exact) mass is 513 g/mol. The molecule has 0 aliphatic carbocycles. The molecular weight excluding hydrogens is 490 g/mol. The first-order valence-corrected chi connectivity index (χ1v) is 10.1. The second kappa shape index (κ2) is 11.4. The number of H-pyrrole nitrogens is 1. The maximum absolute atomic E-state index is 12.3. The van der Waals surface area contributed by atoms with Crippen LogP contribution >= 0.6 is 0 Å². The van der Waals surface area contributed by atoms with Crippen LogP contribution in [0.4, 0.5) is 23.1 Å². The van der Waals surface area contributed by atoms with E-state index < -0.39 is 30.3 Å². The van der Waals surface area contributed by atoms with Gasteiger partial charge in [0.25, 0.3) is 11.5 Å². The molecule has 1 aliphatic rings. The number of carbonyl (C=O) groups is 3. The summed E-state index contributed by atoms with van der Waals surface area (Å²) in [4.78, 5) is 54.5. The van der Waals surface area contributed by atoms with Gasteiger partial charge in [-0.05, 0) is 37.1 Å². The molecule has 0 radical (unpaired) electrons. The summed E-state index contributed by atoms with van der Waals surface area (Å²) in [7, 11) is 1.78. The van der Waals surface area contributed by atoms with Crippen LogP contribution in [0.5, 0.6) is 0 Å². The van der Waals surface area contributed by atoms with Gasteiger partial charge in [-0.3, -0.25) is 14.6 Å². The molecule has 1 aromatic heterocycles. The number of aliphatic carboxylic acids is 2. The van der Waals surface area contributed by atoms with E-state index in [1.807, 2.05) is 0 Å². The van der Waals surface area contributed by atoms with E-state index >= 15 is 0 Å². The number of nitrogens with two attached hydrogens (primary N) is 1. The number of hydrogen-bond acceptors (Lipinski definition) is 11. The molecule has 0 spiro atoms. The summed E-state index contributed by atoms with van der Waals surface area (Å²) < 4.78 is 0. The average Bonchev–Trinajstić information content (AvgIpc) is 2.75. The van der Waals surface area contributed by atoms with Gasteiger partial charge >= 0.3 is 17.1 Å². The van der Waals surface area contributed by atoms with Gasteiger partial charge in [-0.2, -0.15) is 4.98 Å². The van der Waals surface area contributed by atoms with Crippen molar-refractivity contribution in [2.75, 3.05) is 41.4 Å². The third-order valence-electron chi connectivity index (χ3n) is 5.23. The smallest absolute Gasteiger partial charge is 0.550 e. The second-order valence-electron chi connectivity index (χ2n) is 7.51. The van der Waals surface area contributed by atoms with Crippen LogP contribution in [-0.4, -0.2) is 60.0 Å². The first kappa shape index (κ1) is 26.5. The maximum Gasteiger partial charge on any atom is 2.00 e. The zero-order chi connectivity index (χ0) is 24.1. The van der Waals surface area contributed by atoms with Crippen molar-refractivity contribution in [1.29, 1.82) is 0 Å². The summed E-state index contributed by atoms with van der Waals surface area (Å²) in [6.07, 6.45) is -0.862. The minimum Gasteiger partial charge on any atom is -0.550 e. The fourth-order valence-corrected chi connectivity index (χ4v) is 3.41. The van der Waals surface area contributed by atoms with Crippen LogP contribution < -0.4 is 42.4 Å². The van der Waals surface area contributed by atoms with Crippen molar-refractivity contribution >= 4 is 41.0 Å². The first-order valence-electron chi connectivity index (χ1n) is 10.1. The SMILES string of the molecule is CN1c2c(nc(N)[nH]c2=O)NC[C@@H]1CNc1ccc(C(=O)N[C@@H](CCC(=O)[O-])C(=O)[O-])cc1.[Fe+2]. The Hall–Kier alpha value is -3.77. The van der Waals surface area contributed by atoms with E-state index in [-0.39, 0.29) is 46.6 Å². The largest absolute Gasteiger partial charge is 2.00 e. The minimum absolute atomic E-state index is 0. The first-order chi connectivity index (χ1) is 15.7. The standard InChI is InChI=1S/C20H25N7O6.Fe/c1-27-12(9-23-16-15(27)18(31)26-20(21)25-16)8-22-11-4-2-10(3-5-11)17(30)24-13(19(32)33)6-7-14(28)29;/h2-5,12-13,22H,6-9H2,1H3,(H,24,30)(H,28,29)(H,32,33)(H4,21,23,25,26,31);/q;+2/p-2/t12-,13-;/m0./s1. The number of carboxylic acid groups (broad SMARTS) is 2. The Kier molecular flexibility index (Phi) is 8.87. The summed E-state index contributed by atoms with van der Waals surface area (Å²) in [6.45, 7) is 0.984. The fourth-order valence-electron chi connectivity index (χ4n) is 3.41. The Morgan fingerprint density at radius 1 is 1.26 bits per heavy atom. The molecule has 2 heterocycles. The second-order valence-corrected chi connectivity index (χ2v) is 7.51. The van der Waals surface area contributed by atoms with Crippen molar-refractivity contribution < 1.29 is 41.7 Å². The fraction of sp³-hybridized carbons (Fsp3) is 0.350. The van der Waals surface area contributed by atoms with Crippen molar-refractivity contribution in [3.63, 3.8) is 0 Å². The molecule has 1 aliphatic heterocycles. The van der Waals surface area contributed by atoms with Gasteiger partial charge in [0.05, 0.1) is 18.1 Å². The average molecular weight is 513 g/mol. The molecule has 0 fully saturated rings. The van der Waals surface area contributed by atoms with Gasteiger partial charge in [0.15, 0.2) is 5.82 Å². The number of benzene rings is 1. The number of nitrogens with one attached hydrogen (secondary N) is 4. The Balaban J connectivity index is 0.00000408. The number of aromatic amines is 1. The zero-order valence-electron chi connectivity index (χ0n) is 18.1. The Labute approximate surface area is 204 Å². The van der Waals surface area contributed by atoms with Crippen LogP contribution in [0.25, 0.3) is 0 Å². The normalized spacial score (nSPS) is 15.2. The van der Waals surface area contributed by atoms with Gasteiger partial charge < -0.3 is 46.4 Å². The molecule has 34 heavy (non-hydrogen) atoms. The number of hydrogen-bond donors (Lipinski definition) is 5. The molecule has 6 N–H and O–H groups in total. The summed E-state index contributed by atoms with van der Waals surface area (Å²) in [5, 5.41) is 30.2. The Bertz CT molecular complexity index is 1110. The molecule has 14 heteroatoms. The molecule has 2 aromatic rings. The summed E-state index contributed by atoms with van der Waals surface area (Å²) in [6, 6.07) is 4.75. The minimum atomic E-state index is -1.58. The molecule has 2 atom stereocenters. The van der Waals surface area contributed by atoms with E-state index in [9.17, 15) is 29.4 Å². The Morgan fingerprint density at radius 3 is 2.56 bits per heavy atom. The molecular formula is C20H23FeN7O6. The summed E-state index contributed by atoms with van der Waals surface area (Å²) in [5.74, 6) is -3.22. The molecule has 0 bridgehead atoms. The number of anilines is 4. The van der Waals surface area contributed by atoms with Crippen LogP contribution in [0.1, 0.15) is 23.2 Å². The number of amides is 1. The molecule has 3 rings (SSSR count). The van der Waals surface area contributed by atoms with E-state index in [2.05, 4.69) is 25.9 Å². The van der Waals surface area contributed by atoms with Crippen LogP contribution in [0.3, 0.4) is 0 Å². The van der Waals surface area contributed by atoms with Crippen LogP contribution in [0.2, 0.25) is 0 Å². The third-order valence-corrected chi connectivity index (χ3v) is 5.23. The number of likely N-dealkylation sites (N-methyl/N-ethyl adjacent to an activating group) is 1. The van der Waals surface area contributed by atoms with Crippen molar-refractivity contribution in [2.24, 2.45) is 0 Å². The molecule has 13 nitrogen and oxygen atoms in total. The quantitative estimate of drug-likeness (QED) is 0.214. The number of carbonyl (C=O) groups excluding carboxylic acids is 3. The molecule has 0 saturated carbocycles. The number of nitrogens with zero attached hydrogens (tertiary/aromatic N) is 2. The molecule has 1 aromatic carbocycles. The zero-order valence-corrected chi connectivity index (χ0v) is 19.2. The predicted molar refractivity (Wildman–Crippen MR) is 115 cm³/mol. The van der Waals surface area contributed by atoms with Gasteiger partial charge in [0.1, 0.15) is 5.69 Å². The molecule has 182 valence electrons. The summed E-state index contributed by atoms with van der Waals surface area (Å²) in [5.41, 5.74) is 6.51. The van der Waals surface area contributed by atoms with Gasteiger partial charge in [-0.25, -0.2) is 0 Å². The van der Waals surface area contributed by atoms with E-state index in [4.69, 9.17) is 5.73 Å². The molecule has 0 saturated heterocycles. The topological polar surface area (TPSA) is 208 Å².